The molecule has 3 N–H and O–H groups in total. The molecule has 0 radical (unpaired) electrons. The third-order valence-electron chi connectivity index (χ3n) is 3.28. The summed E-state index contributed by atoms with van der Waals surface area (Å²) < 4.78 is 4.83. The third-order valence-corrected chi connectivity index (χ3v) is 4.49. The summed E-state index contributed by atoms with van der Waals surface area (Å²) in [6.07, 6.45) is 5.74. The van der Waals surface area contributed by atoms with E-state index in [1.807, 2.05) is 0 Å². The lowest BCUT2D eigenvalue weighted by Gasteiger charge is -2.16. The molecule has 1 aliphatic carbocycles. The van der Waals surface area contributed by atoms with Crippen molar-refractivity contribution in [1.29, 1.82) is 0 Å². The lowest BCUT2D eigenvalue weighted by atomic mass is 10.0. The predicted octanol–water partition coefficient (Wildman–Crippen LogP) is 1.55. The Hall–Kier alpha value is -0.260. The zero-order valence-electron chi connectivity index (χ0n) is 11.1. The second-order valence-corrected chi connectivity index (χ2v) is 6.01. The highest BCUT2D eigenvalue weighted by atomic mass is 32.2. The molecule has 0 amide bonds. The largest absolute Gasteiger partial charge is 0.465 e. The molecule has 0 spiro atoms. The van der Waals surface area contributed by atoms with Crippen LogP contribution in [-0.2, 0) is 9.53 Å². The van der Waals surface area contributed by atoms with Crippen LogP contribution in [0.25, 0.3) is 0 Å². The summed E-state index contributed by atoms with van der Waals surface area (Å²) in [6.45, 7) is 2.13. The van der Waals surface area contributed by atoms with Crippen molar-refractivity contribution in [3.05, 3.63) is 0 Å². The van der Waals surface area contributed by atoms with Crippen LogP contribution in [0.15, 0.2) is 0 Å². The van der Waals surface area contributed by atoms with E-state index in [0.29, 0.717) is 24.0 Å². The Morgan fingerprint density at radius 1 is 1.44 bits per heavy atom. The Morgan fingerprint density at radius 2 is 2.11 bits per heavy atom. The summed E-state index contributed by atoms with van der Waals surface area (Å²) in [5.41, 5.74) is 5.68. The smallest absolute Gasteiger partial charge is 0.323 e. The van der Waals surface area contributed by atoms with E-state index >= 15 is 0 Å². The van der Waals surface area contributed by atoms with Crippen LogP contribution < -0.4 is 5.73 Å². The van der Waals surface area contributed by atoms with Gasteiger partial charge in [-0.3, -0.25) is 4.79 Å². The molecule has 0 aromatic rings. The van der Waals surface area contributed by atoms with Crippen molar-refractivity contribution < 1.29 is 14.6 Å². The summed E-state index contributed by atoms with van der Waals surface area (Å²) in [5.74, 6) is 1.51. The van der Waals surface area contributed by atoms with Crippen molar-refractivity contribution in [2.24, 2.45) is 11.7 Å². The lowest BCUT2D eigenvalue weighted by Crippen LogP contribution is -2.35. The predicted molar refractivity (Wildman–Crippen MR) is 74.5 cm³/mol. The Kier molecular flexibility index (Phi) is 7.70. The van der Waals surface area contributed by atoms with Gasteiger partial charge in [-0.1, -0.05) is 25.7 Å². The maximum absolute atomic E-state index is 11.3. The molecular weight excluding hydrogens is 250 g/mol. The Morgan fingerprint density at radius 3 is 2.72 bits per heavy atom. The first kappa shape index (κ1) is 15.8. The molecule has 0 saturated heterocycles. The molecule has 0 bridgehead atoms. The molecule has 1 saturated carbocycles. The van der Waals surface area contributed by atoms with Gasteiger partial charge in [0.1, 0.15) is 6.04 Å². The molecule has 2 atom stereocenters. The lowest BCUT2D eigenvalue weighted by molar-refractivity contribution is -0.144. The fourth-order valence-electron chi connectivity index (χ4n) is 2.35. The van der Waals surface area contributed by atoms with Crippen molar-refractivity contribution in [2.75, 3.05) is 18.1 Å². The third kappa shape index (κ3) is 6.07. The minimum Gasteiger partial charge on any atom is -0.465 e. The van der Waals surface area contributed by atoms with Crippen LogP contribution in [0.5, 0.6) is 0 Å². The number of aliphatic hydroxyl groups is 1. The van der Waals surface area contributed by atoms with Gasteiger partial charge in [0.2, 0.25) is 0 Å². The average Bonchev–Trinajstić information content (AvgIpc) is 2.81. The summed E-state index contributed by atoms with van der Waals surface area (Å²) >= 11 is 1.53. The normalized spacial score (nSPS) is 19.7. The molecule has 0 aromatic carbocycles. The van der Waals surface area contributed by atoms with Crippen molar-refractivity contribution in [3.8, 4) is 0 Å². The number of aliphatic hydroxyl groups excluding tert-OH is 1. The molecule has 106 valence electrons. The van der Waals surface area contributed by atoms with E-state index in [2.05, 4.69) is 0 Å². The molecule has 1 aliphatic rings. The first-order chi connectivity index (χ1) is 8.63. The summed E-state index contributed by atoms with van der Waals surface area (Å²) in [6, 6.07) is -0.575. The standard InChI is InChI=1S/C13H25NO3S/c1-2-17-13(16)12(14)9-18-8-11(15)7-10-5-3-4-6-10/h10-12,15H,2-9,14H2,1H3. The maximum Gasteiger partial charge on any atom is 0.323 e. The molecule has 2 unspecified atom stereocenters. The highest BCUT2D eigenvalue weighted by Crippen LogP contribution is 2.29. The molecule has 0 aliphatic heterocycles. The number of hydrogen-bond acceptors (Lipinski definition) is 5. The van der Waals surface area contributed by atoms with Gasteiger partial charge in [0, 0.05) is 11.5 Å². The monoisotopic (exact) mass is 275 g/mol. The van der Waals surface area contributed by atoms with Gasteiger partial charge in [-0.15, -0.1) is 0 Å². The fourth-order valence-corrected chi connectivity index (χ4v) is 3.28. The van der Waals surface area contributed by atoms with E-state index in [0.717, 1.165) is 6.42 Å². The molecule has 1 fully saturated rings. The molecule has 5 heteroatoms. The van der Waals surface area contributed by atoms with Crippen LogP contribution in [0.1, 0.15) is 39.0 Å². The number of nitrogens with two attached hydrogens (primary N) is 1. The van der Waals surface area contributed by atoms with Gasteiger partial charge in [-0.25, -0.2) is 0 Å². The number of carbonyl (C=O) groups excluding carboxylic acids is 1. The number of rotatable bonds is 8. The minimum absolute atomic E-state index is 0.271. The van der Waals surface area contributed by atoms with Gasteiger partial charge in [0.15, 0.2) is 0 Å². The number of esters is 1. The number of hydrogen-bond donors (Lipinski definition) is 2. The Balaban J connectivity index is 2.06. The van der Waals surface area contributed by atoms with E-state index in [1.165, 1.54) is 37.4 Å². The zero-order chi connectivity index (χ0) is 13.4. The SMILES string of the molecule is CCOC(=O)C(N)CSCC(O)CC1CCCC1. The van der Waals surface area contributed by atoms with Gasteiger partial charge in [0.05, 0.1) is 12.7 Å². The van der Waals surface area contributed by atoms with Crippen LogP contribution in [0, 0.1) is 5.92 Å². The van der Waals surface area contributed by atoms with E-state index in [1.54, 1.807) is 6.92 Å². The average molecular weight is 275 g/mol. The van der Waals surface area contributed by atoms with Crippen molar-refractivity contribution in [2.45, 2.75) is 51.2 Å². The zero-order valence-corrected chi connectivity index (χ0v) is 12.0. The second kappa shape index (κ2) is 8.77. The molecule has 4 nitrogen and oxygen atoms in total. The van der Waals surface area contributed by atoms with E-state index in [-0.39, 0.29) is 12.1 Å². The van der Waals surface area contributed by atoms with Crippen LogP contribution in [0.4, 0.5) is 0 Å². The number of thioether (sulfide) groups is 1. The van der Waals surface area contributed by atoms with Gasteiger partial charge >= 0.3 is 5.97 Å². The number of ether oxygens (including phenoxy) is 1. The van der Waals surface area contributed by atoms with Crippen LogP contribution in [-0.4, -0.2) is 41.3 Å². The topological polar surface area (TPSA) is 72.5 Å². The minimum atomic E-state index is -0.575. The summed E-state index contributed by atoms with van der Waals surface area (Å²) in [5, 5.41) is 9.89. The van der Waals surface area contributed by atoms with Crippen LogP contribution >= 0.6 is 11.8 Å². The first-order valence-electron chi connectivity index (χ1n) is 6.81. The fraction of sp³-hybridized carbons (Fsp3) is 0.923. The second-order valence-electron chi connectivity index (χ2n) is 4.94. The first-order valence-corrected chi connectivity index (χ1v) is 7.97. The highest BCUT2D eigenvalue weighted by molar-refractivity contribution is 7.99. The van der Waals surface area contributed by atoms with Gasteiger partial charge in [0.25, 0.3) is 0 Å². The number of carbonyl (C=O) groups is 1. The molecular formula is C13H25NO3S. The molecule has 18 heavy (non-hydrogen) atoms. The van der Waals surface area contributed by atoms with Gasteiger partial charge in [-0.2, -0.15) is 11.8 Å². The highest BCUT2D eigenvalue weighted by Gasteiger charge is 2.20. The van der Waals surface area contributed by atoms with Gasteiger partial charge in [-0.05, 0) is 19.3 Å². The van der Waals surface area contributed by atoms with E-state index in [9.17, 15) is 9.90 Å². The van der Waals surface area contributed by atoms with Crippen molar-refractivity contribution in [3.63, 3.8) is 0 Å². The van der Waals surface area contributed by atoms with Crippen molar-refractivity contribution in [1.82, 2.24) is 0 Å². The molecule has 0 heterocycles. The van der Waals surface area contributed by atoms with E-state index in [4.69, 9.17) is 10.5 Å². The van der Waals surface area contributed by atoms with Crippen LogP contribution in [0.3, 0.4) is 0 Å². The van der Waals surface area contributed by atoms with Crippen molar-refractivity contribution >= 4 is 17.7 Å². The maximum atomic E-state index is 11.3. The molecule has 0 aromatic heterocycles. The van der Waals surface area contributed by atoms with E-state index < -0.39 is 6.04 Å². The molecule has 1 rings (SSSR count). The Bertz CT molecular complexity index is 244. The Labute approximate surface area is 114 Å². The van der Waals surface area contributed by atoms with Crippen LogP contribution in [0.2, 0.25) is 0 Å². The quantitative estimate of drug-likeness (QED) is 0.658. The van der Waals surface area contributed by atoms with Gasteiger partial charge < -0.3 is 15.6 Å². The summed E-state index contributed by atoms with van der Waals surface area (Å²) in [7, 11) is 0. The summed E-state index contributed by atoms with van der Waals surface area (Å²) in [4.78, 5) is 11.3.